The Labute approximate surface area is 87.6 Å². The van der Waals surface area contributed by atoms with E-state index in [2.05, 4.69) is 6.92 Å². The van der Waals surface area contributed by atoms with Gasteiger partial charge in [0.25, 0.3) is 0 Å². The lowest BCUT2D eigenvalue weighted by Crippen LogP contribution is -1.97. The van der Waals surface area contributed by atoms with E-state index < -0.39 is 0 Å². The molecule has 0 aromatic rings. The molecule has 0 bridgehead atoms. The molecule has 0 N–H and O–H groups in total. The predicted molar refractivity (Wildman–Crippen MR) is 60.2 cm³/mol. The van der Waals surface area contributed by atoms with Crippen molar-refractivity contribution in [2.24, 2.45) is 5.92 Å². The van der Waals surface area contributed by atoms with Crippen molar-refractivity contribution in [3.05, 3.63) is 11.6 Å². The lowest BCUT2D eigenvalue weighted by molar-refractivity contribution is -0.104. The molecule has 0 saturated heterocycles. The number of hydrogen-bond acceptors (Lipinski definition) is 1. The van der Waals surface area contributed by atoms with Gasteiger partial charge in [0.05, 0.1) is 0 Å². The summed E-state index contributed by atoms with van der Waals surface area (Å²) in [6.45, 7) is 2.24. The van der Waals surface area contributed by atoms with E-state index in [0.717, 1.165) is 18.6 Å². The molecule has 0 amide bonds. The zero-order valence-corrected chi connectivity index (χ0v) is 9.30. The molecule has 1 aliphatic carbocycles. The molecule has 0 heterocycles. The van der Waals surface area contributed by atoms with Crippen molar-refractivity contribution < 1.29 is 4.79 Å². The Kier molecular flexibility index (Phi) is 5.58. The first-order valence-corrected chi connectivity index (χ1v) is 6.02. The van der Waals surface area contributed by atoms with Gasteiger partial charge in [0.15, 0.2) is 0 Å². The van der Waals surface area contributed by atoms with Crippen LogP contribution in [-0.4, -0.2) is 6.29 Å². The smallest absolute Gasteiger partial charge is 0.142 e. The minimum atomic E-state index is 0.733. The van der Waals surface area contributed by atoms with Gasteiger partial charge < -0.3 is 0 Å². The van der Waals surface area contributed by atoms with E-state index in [9.17, 15) is 4.79 Å². The molecule has 1 saturated carbocycles. The average molecular weight is 194 g/mol. The quantitative estimate of drug-likeness (QED) is 0.356. The van der Waals surface area contributed by atoms with Gasteiger partial charge in [-0.05, 0) is 37.7 Å². The molecule has 0 aromatic carbocycles. The van der Waals surface area contributed by atoms with Crippen molar-refractivity contribution in [1.82, 2.24) is 0 Å². The average Bonchev–Trinajstić information content (AvgIpc) is 2.61. The van der Waals surface area contributed by atoms with Crippen LogP contribution in [-0.2, 0) is 4.79 Å². The summed E-state index contributed by atoms with van der Waals surface area (Å²) in [7, 11) is 0. The van der Waals surface area contributed by atoms with Crippen LogP contribution in [0, 0.1) is 5.92 Å². The standard InChI is InChI=1S/C13H22O/c1-2-3-4-5-7-12-8-6-9-13(12)10-11-14/h10-12H,2-9H2,1H3/b13-10-. The molecule has 0 aromatic heterocycles. The number of hydrogen-bond donors (Lipinski definition) is 0. The molecule has 1 unspecified atom stereocenters. The molecule has 1 rings (SSSR count). The molecule has 1 atom stereocenters. The van der Waals surface area contributed by atoms with Crippen LogP contribution in [0.3, 0.4) is 0 Å². The van der Waals surface area contributed by atoms with Gasteiger partial charge in [-0.25, -0.2) is 0 Å². The SMILES string of the molecule is CCCCCCC1CCC/C1=C/C=O. The van der Waals surface area contributed by atoms with Gasteiger partial charge in [-0.1, -0.05) is 38.2 Å². The first-order chi connectivity index (χ1) is 6.88. The van der Waals surface area contributed by atoms with E-state index in [1.54, 1.807) is 6.08 Å². The lowest BCUT2D eigenvalue weighted by Gasteiger charge is -2.10. The molecule has 80 valence electrons. The zero-order valence-electron chi connectivity index (χ0n) is 9.30. The first-order valence-electron chi connectivity index (χ1n) is 6.02. The number of allylic oxidation sites excluding steroid dienone is 2. The van der Waals surface area contributed by atoms with Crippen molar-refractivity contribution in [3.8, 4) is 0 Å². The zero-order chi connectivity index (χ0) is 10.2. The van der Waals surface area contributed by atoms with E-state index in [1.165, 1.54) is 50.5 Å². The Bertz CT molecular complexity index is 193. The summed E-state index contributed by atoms with van der Waals surface area (Å²) < 4.78 is 0. The monoisotopic (exact) mass is 194 g/mol. The van der Waals surface area contributed by atoms with Gasteiger partial charge in [-0.2, -0.15) is 0 Å². The minimum absolute atomic E-state index is 0.733. The summed E-state index contributed by atoms with van der Waals surface area (Å²) in [5, 5.41) is 0. The summed E-state index contributed by atoms with van der Waals surface area (Å²) in [6, 6.07) is 0. The van der Waals surface area contributed by atoms with Crippen LogP contribution in [0.5, 0.6) is 0 Å². The maximum atomic E-state index is 10.4. The maximum Gasteiger partial charge on any atom is 0.142 e. The fraction of sp³-hybridized carbons (Fsp3) is 0.769. The highest BCUT2D eigenvalue weighted by Gasteiger charge is 2.19. The van der Waals surface area contributed by atoms with Crippen molar-refractivity contribution >= 4 is 6.29 Å². The van der Waals surface area contributed by atoms with Crippen molar-refractivity contribution in [3.63, 3.8) is 0 Å². The maximum absolute atomic E-state index is 10.4. The van der Waals surface area contributed by atoms with Crippen LogP contribution in [0.2, 0.25) is 0 Å². The van der Waals surface area contributed by atoms with Crippen LogP contribution in [0.4, 0.5) is 0 Å². The van der Waals surface area contributed by atoms with E-state index in [1.807, 2.05) is 0 Å². The topological polar surface area (TPSA) is 17.1 Å². The van der Waals surface area contributed by atoms with Gasteiger partial charge in [-0.3, -0.25) is 4.79 Å². The lowest BCUT2D eigenvalue weighted by atomic mass is 9.95. The summed E-state index contributed by atoms with van der Waals surface area (Å²) in [5.41, 5.74) is 1.41. The van der Waals surface area contributed by atoms with Crippen LogP contribution >= 0.6 is 0 Å². The Hall–Kier alpha value is -0.590. The Balaban J connectivity index is 2.22. The Morgan fingerprint density at radius 1 is 1.36 bits per heavy atom. The van der Waals surface area contributed by atoms with Crippen LogP contribution in [0.1, 0.15) is 58.3 Å². The van der Waals surface area contributed by atoms with Gasteiger partial charge in [0.2, 0.25) is 0 Å². The van der Waals surface area contributed by atoms with Gasteiger partial charge in [0, 0.05) is 0 Å². The van der Waals surface area contributed by atoms with Crippen molar-refractivity contribution in [2.75, 3.05) is 0 Å². The number of aldehydes is 1. The largest absolute Gasteiger partial charge is 0.299 e. The molecule has 0 spiro atoms. The van der Waals surface area contributed by atoms with Gasteiger partial charge in [0.1, 0.15) is 6.29 Å². The van der Waals surface area contributed by atoms with E-state index in [-0.39, 0.29) is 0 Å². The van der Waals surface area contributed by atoms with E-state index in [4.69, 9.17) is 0 Å². The second-order valence-electron chi connectivity index (χ2n) is 4.32. The summed E-state index contributed by atoms with van der Waals surface area (Å²) in [6.07, 6.45) is 13.2. The highest BCUT2D eigenvalue weighted by atomic mass is 16.1. The third kappa shape index (κ3) is 3.65. The number of carbonyl (C=O) groups is 1. The fourth-order valence-electron chi connectivity index (χ4n) is 2.40. The molecular formula is C13H22O. The van der Waals surface area contributed by atoms with Gasteiger partial charge >= 0.3 is 0 Å². The number of rotatable bonds is 6. The fourth-order valence-corrected chi connectivity index (χ4v) is 2.40. The normalized spacial score (nSPS) is 24.4. The highest BCUT2D eigenvalue weighted by molar-refractivity contribution is 5.66. The minimum Gasteiger partial charge on any atom is -0.299 e. The molecule has 0 aliphatic heterocycles. The third-order valence-corrected chi connectivity index (χ3v) is 3.23. The molecule has 1 fully saturated rings. The molecular weight excluding hydrogens is 172 g/mol. The van der Waals surface area contributed by atoms with Crippen molar-refractivity contribution in [1.29, 1.82) is 0 Å². The van der Waals surface area contributed by atoms with Gasteiger partial charge in [-0.15, -0.1) is 0 Å². The Morgan fingerprint density at radius 3 is 2.93 bits per heavy atom. The summed E-state index contributed by atoms with van der Waals surface area (Å²) in [5.74, 6) is 0.733. The van der Waals surface area contributed by atoms with Crippen LogP contribution in [0.15, 0.2) is 11.6 Å². The number of unbranched alkanes of at least 4 members (excludes halogenated alkanes) is 3. The first kappa shape index (κ1) is 11.5. The summed E-state index contributed by atoms with van der Waals surface area (Å²) in [4.78, 5) is 10.4. The predicted octanol–water partition coefficient (Wildman–Crippen LogP) is 3.88. The summed E-state index contributed by atoms with van der Waals surface area (Å²) >= 11 is 0. The van der Waals surface area contributed by atoms with Crippen LogP contribution < -0.4 is 0 Å². The van der Waals surface area contributed by atoms with E-state index >= 15 is 0 Å². The van der Waals surface area contributed by atoms with Crippen molar-refractivity contribution in [2.45, 2.75) is 58.3 Å². The molecule has 1 nitrogen and oxygen atoms in total. The van der Waals surface area contributed by atoms with Crippen LogP contribution in [0.25, 0.3) is 0 Å². The second kappa shape index (κ2) is 6.80. The highest BCUT2D eigenvalue weighted by Crippen LogP contribution is 2.34. The molecule has 14 heavy (non-hydrogen) atoms. The third-order valence-electron chi connectivity index (χ3n) is 3.23. The molecule has 1 aliphatic rings. The van der Waals surface area contributed by atoms with E-state index in [0.29, 0.717) is 0 Å². The molecule has 1 heteroatoms. The Morgan fingerprint density at radius 2 is 2.21 bits per heavy atom. The molecule has 0 radical (unpaired) electrons. The second-order valence-corrected chi connectivity index (χ2v) is 4.32. The number of carbonyl (C=O) groups excluding carboxylic acids is 1.